The number of amides is 1. The van der Waals surface area contributed by atoms with E-state index in [2.05, 4.69) is 0 Å². The van der Waals surface area contributed by atoms with Crippen molar-refractivity contribution >= 4 is 23.1 Å². The maximum Gasteiger partial charge on any atom is 0.300 e. The molecule has 1 saturated heterocycles. The van der Waals surface area contributed by atoms with Crippen LogP contribution in [0, 0.1) is 5.82 Å². The van der Waals surface area contributed by atoms with Crippen molar-refractivity contribution in [2.45, 2.75) is 6.04 Å². The molecule has 1 atom stereocenters. The quantitative estimate of drug-likeness (QED) is 0.365. The van der Waals surface area contributed by atoms with Crippen LogP contribution in [0.3, 0.4) is 0 Å². The maximum absolute atomic E-state index is 14.0. The summed E-state index contributed by atoms with van der Waals surface area (Å²) in [6, 6.07) is 18.2. The number of aliphatic hydroxyl groups excluding tert-OH is 1. The molecule has 0 spiro atoms. The Morgan fingerprint density at radius 3 is 2.38 bits per heavy atom. The molecule has 0 saturated carbocycles. The summed E-state index contributed by atoms with van der Waals surface area (Å²) >= 11 is 0. The average molecular weight is 433 g/mol. The third kappa shape index (κ3) is 3.58. The molecular weight excluding hydrogens is 413 g/mol. The number of methoxy groups -OCH3 is 2. The summed E-state index contributed by atoms with van der Waals surface area (Å²) in [5, 5.41) is 11.2. The number of hydrogen-bond donors (Lipinski definition) is 1. The summed E-state index contributed by atoms with van der Waals surface area (Å²) in [6.07, 6.45) is 0. The second kappa shape index (κ2) is 8.55. The molecule has 0 aromatic heterocycles. The number of rotatable bonds is 5. The van der Waals surface area contributed by atoms with Crippen LogP contribution in [0.25, 0.3) is 5.76 Å². The first-order valence-corrected chi connectivity index (χ1v) is 9.80. The molecule has 0 bridgehead atoms. The van der Waals surface area contributed by atoms with Crippen LogP contribution in [-0.4, -0.2) is 31.0 Å². The van der Waals surface area contributed by atoms with Gasteiger partial charge in [0.25, 0.3) is 11.7 Å². The van der Waals surface area contributed by atoms with E-state index in [4.69, 9.17) is 9.47 Å². The fraction of sp³-hybridized carbons (Fsp3) is 0.120. The number of ether oxygens (including phenoxy) is 2. The van der Waals surface area contributed by atoms with Crippen LogP contribution in [-0.2, 0) is 9.59 Å². The molecular formula is C25H20FNO5. The largest absolute Gasteiger partial charge is 0.507 e. The van der Waals surface area contributed by atoms with Crippen molar-refractivity contribution in [1.29, 1.82) is 0 Å². The molecule has 1 amide bonds. The van der Waals surface area contributed by atoms with E-state index in [0.29, 0.717) is 17.0 Å². The highest BCUT2D eigenvalue weighted by atomic mass is 19.1. The summed E-state index contributed by atoms with van der Waals surface area (Å²) < 4.78 is 24.5. The van der Waals surface area contributed by atoms with Crippen LogP contribution < -0.4 is 14.4 Å². The molecule has 1 N–H and O–H groups in total. The molecule has 0 aliphatic carbocycles. The van der Waals surface area contributed by atoms with Crippen LogP contribution in [0.2, 0.25) is 0 Å². The Labute approximate surface area is 184 Å². The van der Waals surface area contributed by atoms with Gasteiger partial charge in [0.05, 0.1) is 31.4 Å². The second-order valence-corrected chi connectivity index (χ2v) is 7.13. The van der Waals surface area contributed by atoms with E-state index < -0.39 is 29.3 Å². The Bertz CT molecular complexity index is 1220. The summed E-state index contributed by atoms with van der Waals surface area (Å²) in [5.74, 6) is -2.16. The number of carbonyl (C=O) groups is 2. The lowest BCUT2D eigenvalue weighted by Gasteiger charge is -2.25. The molecule has 6 nitrogen and oxygen atoms in total. The molecule has 1 aliphatic heterocycles. The lowest BCUT2D eigenvalue weighted by Crippen LogP contribution is -2.29. The number of hydrogen-bond acceptors (Lipinski definition) is 5. The van der Waals surface area contributed by atoms with Crippen LogP contribution in [0.5, 0.6) is 11.5 Å². The van der Waals surface area contributed by atoms with Gasteiger partial charge in [-0.15, -0.1) is 0 Å². The SMILES string of the molecule is COc1cccc(N2C(=O)C(=O)/C(=C(/O)c3cc(F)ccc3OC)C2c2ccccc2)c1. The van der Waals surface area contributed by atoms with Crippen LogP contribution in [0.4, 0.5) is 10.1 Å². The number of Topliss-reactive ketones (excluding diaryl/α,β-unsaturated/α-hetero) is 1. The fourth-order valence-electron chi connectivity index (χ4n) is 3.82. The van der Waals surface area contributed by atoms with E-state index in [1.54, 1.807) is 54.6 Å². The Morgan fingerprint density at radius 1 is 0.938 bits per heavy atom. The summed E-state index contributed by atoms with van der Waals surface area (Å²) in [7, 11) is 2.87. The van der Waals surface area contributed by atoms with Crippen LogP contribution in [0.15, 0.2) is 78.4 Å². The number of carbonyl (C=O) groups excluding carboxylic acids is 2. The second-order valence-electron chi connectivity index (χ2n) is 7.13. The predicted octanol–water partition coefficient (Wildman–Crippen LogP) is 4.47. The predicted molar refractivity (Wildman–Crippen MR) is 117 cm³/mol. The van der Waals surface area contributed by atoms with Gasteiger partial charge in [-0.05, 0) is 35.9 Å². The molecule has 0 radical (unpaired) electrons. The molecule has 4 rings (SSSR count). The summed E-state index contributed by atoms with van der Waals surface area (Å²) in [6.45, 7) is 0. The average Bonchev–Trinajstić information content (AvgIpc) is 3.09. The standard InChI is InChI=1S/C25H20FNO5/c1-31-18-10-6-9-17(14-18)27-22(15-7-4-3-5-8-15)21(24(29)25(27)30)23(28)19-13-16(26)11-12-20(19)32-2/h3-14,22,28H,1-2H3/b23-21+. The summed E-state index contributed by atoms with van der Waals surface area (Å²) in [4.78, 5) is 27.6. The highest BCUT2D eigenvalue weighted by Gasteiger charge is 2.47. The molecule has 32 heavy (non-hydrogen) atoms. The molecule has 1 fully saturated rings. The molecule has 3 aromatic carbocycles. The lowest BCUT2D eigenvalue weighted by molar-refractivity contribution is -0.132. The van der Waals surface area contributed by atoms with Crippen molar-refractivity contribution in [3.8, 4) is 11.5 Å². The van der Waals surface area contributed by atoms with Crippen molar-refractivity contribution in [2.24, 2.45) is 0 Å². The fourth-order valence-corrected chi connectivity index (χ4v) is 3.82. The van der Waals surface area contributed by atoms with E-state index >= 15 is 0 Å². The van der Waals surface area contributed by atoms with Crippen molar-refractivity contribution in [1.82, 2.24) is 0 Å². The first-order valence-electron chi connectivity index (χ1n) is 9.80. The van der Waals surface area contributed by atoms with E-state index in [0.717, 1.165) is 6.07 Å². The Kier molecular flexibility index (Phi) is 5.64. The zero-order valence-corrected chi connectivity index (χ0v) is 17.4. The number of halogens is 1. The van der Waals surface area contributed by atoms with E-state index in [9.17, 15) is 19.1 Å². The van der Waals surface area contributed by atoms with Gasteiger partial charge in [-0.25, -0.2) is 4.39 Å². The van der Waals surface area contributed by atoms with Crippen LogP contribution >= 0.6 is 0 Å². The minimum absolute atomic E-state index is 0.0166. The number of anilines is 1. The van der Waals surface area contributed by atoms with Gasteiger partial charge in [0.2, 0.25) is 0 Å². The van der Waals surface area contributed by atoms with Gasteiger partial charge in [-0.3, -0.25) is 14.5 Å². The number of aliphatic hydroxyl groups is 1. The van der Waals surface area contributed by atoms with Crippen molar-refractivity contribution in [3.63, 3.8) is 0 Å². The van der Waals surface area contributed by atoms with Crippen molar-refractivity contribution in [2.75, 3.05) is 19.1 Å². The Morgan fingerprint density at radius 2 is 1.69 bits per heavy atom. The molecule has 162 valence electrons. The highest BCUT2D eigenvalue weighted by molar-refractivity contribution is 6.51. The van der Waals surface area contributed by atoms with Gasteiger partial charge in [-0.2, -0.15) is 0 Å². The number of ketones is 1. The van der Waals surface area contributed by atoms with E-state index in [-0.39, 0.29) is 16.9 Å². The lowest BCUT2D eigenvalue weighted by atomic mass is 9.95. The van der Waals surface area contributed by atoms with Gasteiger partial charge in [-0.1, -0.05) is 36.4 Å². The minimum atomic E-state index is -0.934. The smallest absolute Gasteiger partial charge is 0.300 e. The van der Waals surface area contributed by atoms with Gasteiger partial charge in [0.1, 0.15) is 23.1 Å². The zero-order valence-electron chi connectivity index (χ0n) is 17.4. The maximum atomic E-state index is 14.0. The third-order valence-electron chi connectivity index (χ3n) is 5.31. The first-order chi connectivity index (χ1) is 15.5. The van der Waals surface area contributed by atoms with Gasteiger partial charge in [0, 0.05) is 11.8 Å². The molecule has 7 heteroatoms. The topological polar surface area (TPSA) is 76.1 Å². The molecule has 3 aromatic rings. The molecule has 1 heterocycles. The zero-order chi connectivity index (χ0) is 22.8. The minimum Gasteiger partial charge on any atom is -0.507 e. The van der Waals surface area contributed by atoms with Crippen molar-refractivity contribution in [3.05, 3.63) is 95.3 Å². The monoisotopic (exact) mass is 433 g/mol. The van der Waals surface area contributed by atoms with E-state index in [1.165, 1.54) is 31.3 Å². The number of benzene rings is 3. The van der Waals surface area contributed by atoms with Gasteiger partial charge < -0.3 is 14.6 Å². The first kappa shape index (κ1) is 21.1. The molecule has 1 unspecified atom stereocenters. The third-order valence-corrected chi connectivity index (χ3v) is 5.31. The Balaban J connectivity index is 1.98. The van der Waals surface area contributed by atoms with E-state index in [1.807, 2.05) is 0 Å². The summed E-state index contributed by atoms with van der Waals surface area (Å²) in [5.41, 5.74) is 0.849. The van der Waals surface area contributed by atoms with Crippen molar-refractivity contribution < 1.29 is 28.6 Å². The van der Waals surface area contributed by atoms with Crippen LogP contribution in [0.1, 0.15) is 17.2 Å². The molecule has 1 aliphatic rings. The normalized spacial score (nSPS) is 17.5. The number of nitrogens with zero attached hydrogens (tertiary/aromatic N) is 1. The van der Waals surface area contributed by atoms with Gasteiger partial charge >= 0.3 is 0 Å². The Hall–Kier alpha value is -4.13. The highest BCUT2D eigenvalue weighted by Crippen LogP contribution is 2.43. The van der Waals surface area contributed by atoms with Gasteiger partial charge in [0.15, 0.2) is 0 Å².